The number of halogens is 1. The number of nitrogens with zero attached hydrogens (tertiary/aromatic N) is 2. The molecule has 1 fully saturated rings. The van der Waals surface area contributed by atoms with Crippen LogP contribution >= 0.6 is 22.6 Å². The lowest BCUT2D eigenvalue weighted by molar-refractivity contribution is 0.193. The zero-order chi connectivity index (χ0) is 11.1. The minimum atomic E-state index is 0.484. The lowest BCUT2D eigenvalue weighted by atomic mass is 10.0. The molecule has 3 rings (SSSR count). The molecule has 0 aromatic carbocycles. The molecule has 1 atom stereocenters. The van der Waals surface area contributed by atoms with Crippen molar-refractivity contribution in [1.82, 2.24) is 9.38 Å². The van der Waals surface area contributed by atoms with Gasteiger partial charge in [-0.15, -0.1) is 0 Å². The van der Waals surface area contributed by atoms with Crippen LogP contribution in [0.25, 0.3) is 5.65 Å². The predicted octanol–water partition coefficient (Wildman–Crippen LogP) is 2.75. The number of hydrogen-bond donors (Lipinski definition) is 0. The molecule has 16 heavy (non-hydrogen) atoms. The quantitative estimate of drug-likeness (QED) is 0.753. The Hall–Kier alpha value is -0.620. The zero-order valence-corrected chi connectivity index (χ0v) is 11.3. The fourth-order valence-electron chi connectivity index (χ4n) is 2.29. The van der Waals surface area contributed by atoms with E-state index in [4.69, 9.17) is 9.72 Å². The molecule has 1 aliphatic heterocycles. The number of aromatic nitrogens is 2. The number of ether oxygens (including phenoxy) is 1. The average molecular weight is 328 g/mol. The molecule has 1 unspecified atom stereocenters. The van der Waals surface area contributed by atoms with Crippen LogP contribution in [0.15, 0.2) is 18.3 Å². The van der Waals surface area contributed by atoms with Gasteiger partial charge in [-0.05, 0) is 48.1 Å². The molecule has 4 heteroatoms. The van der Waals surface area contributed by atoms with Gasteiger partial charge in [0.05, 0.1) is 12.3 Å². The first-order chi connectivity index (χ1) is 7.75. The number of aryl methyl sites for hydroxylation is 1. The van der Waals surface area contributed by atoms with E-state index in [0.29, 0.717) is 5.92 Å². The molecule has 3 nitrogen and oxygen atoms in total. The third-order valence-corrected chi connectivity index (χ3v) is 3.81. The van der Waals surface area contributed by atoms with Gasteiger partial charge in [0, 0.05) is 28.0 Å². The third kappa shape index (κ3) is 1.64. The first-order valence-electron chi connectivity index (χ1n) is 5.47. The van der Waals surface area contributed by atoms with E-state index in [1.807, 2.05) is 0 Å². The van der Waals surface area contributed by atoms with Gasteiger partial charge in [-0.1, -0.05) is 0 Å². The molecule has 0 radical (unpaired) electrons. The SMILES string of the molecule is Cc1c(C2CCOC2)nc2ccc(I)cn12. The molecule has 2 aromatic rings. The topological polar surface area (TPSA) is 26.5 Å². The van der Waals surface area contributed by atoms with Gasteiger partial charge in [0.2, 0.25) is 0 Å². The maximum Gasteiger partial charge on any atom is 0.137 e. The highest BCUT2D eigenvalue weighted by atomic mass is 127. The van der Waals surface area contributed by atoms with Crippen LogP contribution in [-0.4, -0.2) is 22.6 Å². The molecular formula is C12H13IN2O. The summed E-state index contributed by atoms with van der Waals surface area (Å²) < 4.78 is 8.85. The minimum absolute atomic E-state index is 0.484. The largest absolute Gasteiger partial charge is 0.381 e. The van der Waals surface area contributed by atoms with E-state index in [-0.39, 0.29) is 0 Å². The highest BCUT2D eigenvalue weighted by Gasteiger charge is 2.23. The van der Waals surface area contributed by atoms with E-state index < -0.39 is 0 Å². The number of imidazole rings is 1. The van der Waals surface area contributed by atoms with Crippen molar-refractivity contribution in [2.45, 2.75) is 19.3 Å². The van der Waals surface area contributed by atoms with Crippen molar-refractivity contribution in [3.8, 4) is 0 Å². The van der Waals surface area contributed by atoms with Crippen molar-refractivity contribution in [1.29, 1.82) is 0 Å². The summed E-state index contributed by atoms with van der Waals surface area (Å²) in [6.07, 6.45) is 3.24. The molecular weight excluding hydrogens is 315 g/mol. The van der Waals surface area contributed by atoms with Crippen LogP contribution in [0.3, 0.4) is 0 Å². The molecule has 1 aliphatic rings. The molecule has 0 aliphatic carbocycles. The van der Waals surface area contributed by atoms with Gasteiger partial charge in [0.25, 0.3) is 0 Å². The Morgan fingerprint density at radius 1 is 1.50 bits per heavy atom. The maximum absolute atomic E-state index is 5.44. The summed E-state index contributed by atoms with van der Waals surface area (Å²) in [5.74, 6) is 0.484. The summed E-state index contributed by atoms with van der Waals surface area (Å²) in [6, 6.07) is 4.17. The Labute approximate surface area is 108 Å². The van der Waals surface area contributed by atoms with E-state index in [9.17, 15) is 0 Å². The summed E-state index contributed by atoms with van der Waals surface area (Å²) in [4.78, 5) is 4.72. The highest BCUT2D eigenvalue weighted by Crippen LogP contribution is 2.27. The normalized spacial score (nSPS) is 20.8. The summed E-state index contributed by atoms with van der Waals surface area (Å²) in [5, 5.41) is 0. The molecule has 0 spiro atoms. The monoisotopic (exact) mass is 328 g/mol. The van der Waals surface area contributed by atoms with E-state index in [1.165, 1.54) is 15.0 Å². The molecule has 0 amide bonds. The summed E-state index contributed by atoms with van der Waals surface area (Å²) >= 11 is 2.33. The van der Waals surface area contributed by atoms with Crippen molar-refractivity contribution in [2.75, 3.05) is 13.2 Å². The second kappa shape index (κ2) is 4.00. The number of rotatable bonds is 1. The maximum atomic E-state index is 5.44. The van der Waals surface area contributed by atoms with Gasteiger partial charge < -0.3 is 9.14 Å². The molecule has 0 N–H and O–H groups in total. The predicted molar refractivity (Wildman–Crippen MR) is 70.8 cm³/mol. The van der Waals surface area contributed by atoms with Gasteiger partial charge in [0.1, 0.15) is 5.65 Å². The molecule has 1 saturated heterocycles. The van der Waals surface area contributed by atoms with E-state index in [1.54, 1.807) is 0 Å². The van der Waals surface area contributed by atoms with Gasteiger partial charge in [0.15, 0.2) is 0 Å². The fraction of sp³-hybridized carbons (Fsp3) is 0.417. The third-order valence-electron chi connectivity index (χ3n) is 3.17. The molecule has 84 valence electrons. The molecule has 0 saturated carbocycles. The molecule has 0 bridgehead atoms. The van der Waals surface area contributed by atoms with Crippen LogP contribution in [0, 0.1) is 10.5 Å². The zero-order valence-electron chi connectivity index (χ0n) is 9.11. The first kappa shape index (κ1) is 10.5. The number of pyridine rings is 1. The lowest BCUT2D eigenvalue weighted by Gasteiger charge is -2.04. The van der Waals surface area contributed by atoms with Crippen molar-refractivity contribution in [2.24, 2.45) is 0 Å². The van der Waals surface area contributed by atoms with Gasteiger partial charge in [-0.3, -0.25) is 0 Å². The van der Waals surface area contributed by atoms with Crippen molar-refractivity contribution in [3.05, 3.63) is 33.3 Å². The van der Waals surface area contributed by atoms with Crippen LogP contribution in [0.2, 0.25) is 0 Å². The van der Waals surface area contributed by atoms with Crippen molar-refractivity contribution in [3.63, 3.8) is 0 Å². The smallest absolute Gasteiger partial charge is 0.137 e. The summed E-state index contributed by atoms with van der Waals surface area (Å²) in [6.45, 7) is 3.83. The number of fused-ring (bicyclic) bond motifs is 1. The Morgan fingerprint density at radius 2 is 2.38 bits per heavy atom. The van der Waals surface area contributed by atoms with Crippen LogP contribution in [0.1, 0.15) is 23.7 Å². The second-order valence-electron chi connectivity index (χ2n) is 4.22. The van der Waals surface area contributed by atoms with E-state index in [0.717, 1.165) is 25.3 Å². The Morgan fingerprint density at radius 3 is 3.12 bits per heavy atom. The van der Waals surface area contributed by atoms with Gasteiger partial charge >= 0.3 is 0 Å². The Kier molecular flexibility index (Phi) is 2.63. The summed E-state index contributed by atoms with van der Waals surface area (Å²) in [7, 11) is 0. The fourth-order valence-corrected chi connectivity index (χ4v) is 2.75. The first-order valence-corrected chi connectivity index (χ1v) is 6.55. The van der Waals surface area contributed by atoms with E-state index >= 15 is 0 Å². The average Bonchev–Trinajstić information content (AvgIpc) is 2.87. The highest BCUT2D eigenvalue weighted by molar-refractivity contribution is 14.1. The lowest BCUT2D eigenvalue weighted by Crippen LogP contribution is -2.00. The summed E-state index contributed by atoms with van der Waals surface area (Å²) in [5.41, 5.74) is 3.50. The molecule has 3 heterocycles. The minimum Gasteiger partial charge on any atom is -0.381 e. The Balaban J connectivity index is 2.15. The van der Waals surface area contributed by atoms with Crippen LogP contribution in [0.4, 0.5) is 0 Å². The van der Waals surface area contributed by atoms with E-state index in [2.05, 4.69) is 52.2 Å². The second-order valence-corrected chi connectivity index (χ2v) is 5.46. The van der Waals surface area contributed by atoms with Gasteiger partial charge in [-0.2, -0.15) is 0 Å². The van der Waals surface area contributed by atoms with Crippen molar-refractivity contribution < 1.29 is 4.74 Å². The van der Waals surface area contributed by atoms with Crippen LogP contribution in [0.5, 0.6) is 0 Å². The van der Waals surface area contributed by atoms with Gasteiger partial charge in [-0.25, -0.2) is 4.98 Å². The van der Waals surface area contributed by atoms with Crippen LogP contribution in [-0.2, 0) is 4.74 Å². The van der Waals surface area contributed by atoms with Crippen molar-refractivity contribution >= 4 is 28.2 Å². The standard InChI is InChI=1S/C12H13IN2O/c1-8-12(9-4-5-16-7-9)14-11-3-2-10(13)6-15(8)11/h2-3,6,9H,4-5,7H2,1H3. The molecule has 2 aromatic heterocycles. The Bertz CT molecular complexity index is 529. The number of hydrogen-bond acceptors (Lipinski definition) is 2. The van der Waals surface area contributed by atoms with Crippen LogP contribution < -0.4 is 0 Å².